The number of carbonyl (C=O) groups excluding carboxylic acids is 2. The van der Waals surface area contributed by atoms with Crippen molar-refractivity contribution in [3.63, 3.8) is 0 Å². The van der Waals surface area contributed by atoms with E-state index in [2.05, 4.69) is 39.3 Å². The smallest absolute Gasteiger partial charge is 0.339 e. The third kappa shape index (κ3) is 5.40. The van der Waals surface area contributed by atoms with Gasteiger partial charge < -0.3 is 24.8 Å². The van der Waals surface area contributed by atoms with Crippen LogP contribution in [0.15, 0.2) is 48.9 Å². The zero-order valence-corrected chi connectivity index (χ0v) is 19.1. The van der Waals surface area contributed by atoms with E-state index in [0.717, 1.165) is 18.7 Å². The third-order valence-electron chi connectivity index (χ3n) is 6.24. The molecular weight excluding hydrogens is 421 g/mol. The van der Waals surface area contributed by atoms with Gasteiger partial charge in [-0.2, -0.15) is 0 Å². The Hall–Kier alpha value is -2.82. The van der Waals surface area contributed by atoms with E-state index in [4.69, 9.17) is 9.31 Å². The topological polar surface area (TPSA) is 106 Å². The number of fused-ring (bicyclic) bond motifs is 1. The van der Waals surface area contributed by atoms with E-state index in [-0.39, 0.29) is 17.5 Å². The van der Waals surface area contributed by atoms with Crippen LogP contribution in [0.5, 0.6) is 0 Å². The van der Waals surface area contributed by atoms with Crippen LogP contribution in [0.4, 0.5) is 0 Å². The minimum Gasteiger partial charge on any atom is -0.553 e. The van der Waals surface area contributed by atoms with Gasteiger partial charge in [-0.1, -0.05) is 50.6 Å². The maximum atomic E-state index is 13.6. The van der Waals surface area contributed by atoms with Crippen molar-refractivity contribution in [1.29, 1.82) is 0 Å². The molecule has 1 aromatic carbocycles. The van der Waals surface area contributed by atoms with E-state index in [9.17, 15) is 9.59 Å². The number of rotatable bonds is 9. The van der Waals surface area contributed by atoms with Crippen LogP contribution in [0.2, 0.25) is 0 Å². The Morgan fingerprint density at radius 2 is 1.82 bits per heavy atom. The number of hydrogen-bond donors (Lipinski definition) is 2. The van der Waals surface area contributed by atoms with Crippen molar-refractivity contribution < 1.29 is 18.9 Å². The number of nitrogens with zero attached hydrogens (tertiary/aromatic N) is 3. The average molecular weight is 452 g/mol. The lowest BCUT2D eigenvalue weighted by Gasteiger charge is -2.45. The molecule has 4 rings (SSSR count). The van der Waals surface area contributed by atoms with Crippen LogP contribution < -0.4 is 10.6 Å². The van der Waals surface area contributed by atoms with Crippen LogP contribution in [0, 0.1) is 5.92 Å². The van der Waals surface area contributed by atoms with Gasteiger partial charge in [0.15, 0.2) is 0 Å². The first-order valence-corrected chi connectivity index (χ1v) is 11.6. The minimum absolute atomic E-state index is 0.161. The van der Waals surface area contributed by atoms with E-state index in [1.54, 1.807) is 0 Å². The van der Waals surface area contributed by atoms with Crippen LogP contribution in [0.1, 0.15) is 36.3 Å². The lowest BCUT2D eigenvalue weighted by Crippen LogP contribution is -2.66. The average Bonchev–Trinajstić information content (AvgIpc) is 3.40. The molecule has 2 aliphatic rings. The van der Waals surface area contributed by atoms with Crippen molar-refractivity contribution in [2.75, 3.05) is 26.3 Å². The fourth-order valence-corrected chi connectivity index (χ4v) is 4.73. The Morgan fingerprint density at radius 3 is 2.45 bits per heavy atom. The van der Waals surface area contributed by atoms with Gasteiger partial charge in [0.1, 0.15) is 11.7 Å². The summed E-state index contributed by atoms with van der Waals surface area (Å²) in [7, 11) is 0. The number of aromatic nitrogens is 2. The molecular formula is C23H31BN5O4-. The Bertz CT molecular complexity index is 936. The van der Waals surface area contributed by atoms with Gasteiger partial charge in [0.05, 0.1) is 6.20 Å². The Balaban J connectivity index is 1.55. The molecule has 0 bridgehead atoms. The summed E-state index contributed by atoms with van der Waals surface area (Å²) in [4.78, 5) is 36.6. The number of benzene rings is 1. The van der Waals surface area contributed by atoms with Gasteiger partial charge in [-0.15, -0.1) is 0 Å². The number of nitrogens with one attached hydrogen (secondary N) is 2. The fraction of sp³-hybridized carbons (Fsp3) is 0.478. The molecule has 0 spiro atoms. The lowest BCUT2D eigenvalue weighted by atomic mass is 9.59. The van der Waals surface area contributed by atoms with Crippen molar-refractivity contribution in [2.45, 2.75) is 38.7 Å². The first-order valence-electron chi connectivity index (χ1n) is 11.6. The monoisotopic (exact) mass is 452 g/mol. The van der Waals surface area contributed by atoms with Gasteiger partial charge in [0.2, 0.25) is 5.91 Å². The molecule has 0 aliphatic carbocycles. The molecule has 176 valence electrons. The van der Waals surface area contributed by atoms with Crippen LogP contribution in [0.3, 0.4) is 0 Å². The molecule has 33 heavy (non-hydrogen) atoms. The number of carbonyl (C=O) groups is 2. The SMILES string of the molecule is CC(C)C[C@H](NC(=O)[C@H](Cc1ccccc1)NC(=O)c1cnccn1)[B-]12OCCN1CCO2. The van der Waals surface area contributed by atoms with Crippen LogP contribution in [-0.2, 0) is 20.5 Å². The zero-order chi connectivity index (χ0) is 23.3. The van der Waals surface area contributed by atoms with Gasteiger partial charge in [-0.25, -0.2) is 4.98 Å². The maximum absolute atomic E-state index is 13.6. The predicted molar refractivity (Wildman–Crippen MR) is 124 cm³/mol. The zero-order valence-electron chi connectivity index (χ0n) is 19.1. The molecule has 2 atom stereocenters. The number of amides is 2. The van der Waals surface area contributed by atoms with Crippen LogP contribution in [-0.4, -0.2) is 71.6 Å². The van der Waals surface area contributed by atoms with Crippen molar-refractivity contribution in [1.82, 2.24) is 25.4 Å². The Morgan fingerprint density at radius 1 is 1.09 bits per heavy atom. The molecule has 2 fully saturated rings. The summed E-state index contributed by atoms with van der Waals surface area (Å²) in [6.07, 6.45) is 5.38. The highest BCUT2D eigenvalue weighted by Crippen LogP contribution is 2.31. The highest BCUT2D eigenvalue weighted by Gasteiger charge is 2.49. The molecule has 3 heterocycles. The van der Waals surface area contributed by atoms with Gasteiger partial charge in [-0.05, 0) is 30.5 Å². The van der Waals surface area contributed by atoms with E-state index in [1.165, 1.54) is 18.6 Å². The summed E-state index contributed by atoms with van der Waals surface area (Å²) >= 11 is 0. The molecule has 0 unspecified atom stereocenters. The summed E-state index contributed by atoms with van der Waals surface area (Å²) < 4.78 is 12.2. The van der Waals surface area contributed by atoms with Crippen LogP contribution >= 0.6 is 0 Å². The van der Waals surface area contributed by atoms with E-state index >= 15 is 0 Å². The molecule has 0 radical (unpaired) electrons. The molecule has 2 amide bonds. The summed E-state index contributed by atoms with van der Waals surface area (Å²) in [5.74, 6) is -0.708. The first-order chi connectivity index (χ1) is 16.0. The molecule has 2 aliphatic heterocycles. The number of hydrogen-bond acceptors (Lipinski definition) is 7. The van der Waals surface area contributed by atoms with Gasteiger partial charge >= 0.3 is 6.69 Å². The van der Waals surface area contributed by atoms with Gasteiger partial charge in [-0.3, -0.25) is 14.6 Å². The molecule has 2 saturated heterocycles. The van der Waals surface area contributed by atoms with E-state index < -0.39 is 18.6 Å². The summed E-state index contributed by atoms with van der Waals surface area (Å²) in [6.45, 7) is 5.22. The quantitative estimate of drug-likeness (QED) is 0.551. The standard InChI is InChI=1S/C23H31BN5O4/c1-17(2)14-21(24-29(10-12-32-24)11-13-33-24)28-22(30)19(15-18-6-4-3-5-7-18)27-23(31)20-16-25-8-9-26-20/h3-9,16-17,19,21H,10-15H2,1-2H3,(H,27,31)(H,28,30)/q-1/t19-,21-/m0/s1. The Kier molecular flexibility index (Phi) is 7.37. The summed E-state index contributed by atoms with van der Waals surface area (Å²) in [6, 6.07) is 8.82. The molecule has 2 N–H and O–H groups in total. The predicted octanol–water partition coefficient (Wildman–Crippen LogP) is 1.19. The summed E-state index contributed by atoms with van der Waals surface area (Å²) in [5, 5.41) is 6.02. The maximum Gasteiger partial charge on any atom is 0.339 e. The first kappa shape index (κ1) is 23.3. The second-order valence-electron chi connectivity index (χ2n) is 9.06. The third-order valence-corrected chi connectivity index (χ3v) is 6.24. The largest absolute Gasteiger partial charge is 0.553 e. The van der Waals surface area contributed by atoms with Crippen molar-refractivity contribution >= 4 is 18.5 Å². The van der Waals surface area contributed by atoms with Crippen LogP contribution in [0.25, 0.3) is 0 Å². The van der Waals surface area contributed by atoms with E-state index in [0.29, 0.717) is 32.0 Å². The highest BCUT2D eigenvalue weighted by atomic mass is 16.6. The van der Waals surface area contributed by atoms with Crippen molar-refractivity contribution in [3.8, 4) is 0 Å². The molecule has 9 nitrogen and oxygen atoms in total. The molecule has 2 aromatic rings. The lowest BCUT2D eigenvalue weighted by molar-refractivity contribution is -0.123. The summed E-state index contributed by atoms with van der Waals surface area (Å²) in [5.41, 5.74) is 1.10. The molecule has 0 saturated carbocycles. The van der Waals surface area contributed by atoms with E-state index in [1.807, 2.05) is 30.3 Å². The minimum atomic E-state index is -1.75. The second kappa shape index (κ2) is 10.4. The Labute approximate surface area is 194 Å². The highest BCUT2D eigenvalue weighted by molar-refractivity contribution is 6.67. The van der Waals surface area contributed by atoms with Gasteiger partial charge in [0.25, 0.3) is 5.91 Å². The normalized spacial score (nSPS) is 19.1. The second-order valence-corrected chi connectivity index (χ2v) is 9.06. The van der Waals surface area contributed by atoms with Gasteiger partial charge in [0, 0.05) is 32.0 Å². The van der Waals surface area contributed by atoms with Crippen molar-refractivity contribution in [2.24, 2.45) is 5.92 Å². The molecule has 10 heteroatoms. The fourth-order valence-electron chi connectivity index (χ4n) is 4.73. The van der Waals surface area contributed by atoms with Crippen molar-refractivity contribution in [3.05, 3.63) is 60.2 Å². The molecule has 1 aromatic heterocycles.